The average molecular weight is 280 g/mol. The maximum Gasteiger partial charge on any atom is 0.228 e. The van der Waals surface area contributed by atoms with Crippen molar-refractivity contribution >= 4 is 28.9 Å². The number of amides is 1. The number of carbonyl (C=O) groups excluding carboxylic acids is 1. The highest BCUT2D eigenvalue weighted by Gasteiger charge is 2.22. The van der Waals surface area contributed by atoms with Crippen molar-refractivity contribution in [2.24, 2.45) is 0 Å². The molecule has 2 N–H and O–H groups in total. The molecule has 1 atom stereocenters. The van der Waals surface area contributed by atoms with E-state index in [4.69, 9.17) is 11.6 Å². The first-order valence-electron chi connectivity index (χ1n) is 6.69. The number of nitrogens with one attached hydrogen (secondary N) is 2. The van der Waals surface area contributed by atoms with E-state index in [1.807, 2.05) is 12.1 Å². The lowest BCUT2D eigenvalue weighted by atomic mass is 10.1. The van der Waals surface area contributed by atoms with Gasteiger partial charge in [-0.15, -0.1) is 0 Å². The van der Waals surface area contributed by atoms with Crippen LogP contribution in [0.15, 0.2) is 12.1 Å². The molecule has 3 rings (SSSR count). The molecule has 1 unspecified atom stereocenters. The molecule has 2 aliphatic rings. The third kappa shape index (κ3) is 2.69. The maximum atomic E-state index is 11.4. The van der Waals surface area contributed by atoms with Crippen molar-refractivity contribution in [2.75, 3.05) is 30.8 Å². The van der Waals surface area contributed by atoms with Crippen molar-refractivity contribution in [3.8, 4) is 0 Å². The molecule has 0 aliphatic carbocycles. The van der Waals surface area contributed by atoms with Crippen LogP contribution < -0.4 is 10.6 Å². The molecule has 5 heteroatoms. The van der Waals surface area contributed by atoms with Gasteiger partial charge in [-0.2, -0.15) is 0 Å². The lowest BCUT2D eigenvalue weighted by Crippen LogP contribution is -2.39. The Morgan fingerprint density at radius 3 is 3.11 bits per heavy atom. The molecule has 2 heterocycles. The molecule has 1 fully saturated rings. The Morgan fingerprint density at radius 1 is 1.47 bits per heavy atom. The van der Waals surface area contributed by atoms with Crippen LogP contribution in [0, 0.1) is 0 Å². The Kier molecular flexibility index (Phi) is 3.37. The predicted molar refractivity (Wildman–Crippen MR) is 77.9 cm³/mol. The van der Waals surface area contributed by atoms with Gasteiger partial charge in [-0.1, -0.05) is 11.6 Å². The third-order valence-corrected chi connectivity index (χ3v) is 4.11. The van der Waals surface area contributed by atoms with E-state index in [1.54, 1.807) is 0 Å². The van der Waals surface area contributed by atoms with Gasteiger partial charge in [-0.05, 0) is 44.1 Å². The summed E-state index contributed by atoms with van der Waals surface area (Å²) in [5, 5.41) is 7.00. The van der Waals surface area contributed by atoms with Gasteiger partial charge < -0.3 is 15.5 Å². The number of likely N-dealkylation sites (N-methyl/N-ethyl adjacent to an activating group) is 1. The second-order valence-corrected chi connectivity index (χ2v) is 5.87. The summed E-state index contributed by atoms with van der Waals surface area (Å²) in [6.07, 6.45) is 2.82. The molecule has 0 radical (unpaired) electrons. The van der Waals surface area contributed by atoms with E-state index in [9.17, 15) is 4.79 Å². The predicted octanol–water partition coefficient (Wildman–Crippen LogP) is 2.34. The minimum absolute atomic E-state index is 0.0422. The molecule has 0 saturated carbocycles. The van der Waals surface area contributed by atoms with Crippen LogP contribution in [0.25, 0.3) is 0 Å². The van der Waals surface area contributed by atoms with Crippen LogP contribution in [0.5, 0.6) is 0 Å². The van der Waals surface area contributed by atoms with E-state index >= 15 is 0 Å². The highest BCUT2D eigenvalue weighted by Crippen LogP contribution is 2.33. The molecule has 1 saturated heterocycles. The number of nitrogens with zero attached hydrogens (tertiary/aromatic N) is 1. The molecule has 1 aromatic carbocycles. The number of fused-ring (bicyclic) bond motifs is 1. The second kappa shape index (κ2) is 5.02. The fourth-order valence-corrected chi connectivity index (χ4v) is 3.08. The summed E-state index contributed by atoms with van der Waals surface area (Å²) in [5.74, 6) is 0.0422. The van der Waals surface area contributed by atoms with Gasteiger partial charge >= 0.3 is 0 Å². The number of piperidine rings is 1. The number of likely N-dealkylation sites (tertiary alicyclic amines) is 1. The SMILES string of the molecule is CN1CCCC(Nc2cc3c(cc2Cl)NC(=O)C3)C1. The van der Waals surface area contributed by atoms with Gasteiger partial charge in [-0.25, -0.2) is 0 Å². The quantitative estimate of drug-likeness (QED) is 0.873. The highest BCUT2D eigenvalue weighted by atomic mass is 35.5. The molecular formula is C14H18ClN3O. The summed E-state index contributed by atoms with van der Waals surface area (Å²) >= 11 is 6.28. The summed E-state index contributed by atoms with van der Waals surface area (Å²) in [6.45, 7) is 2.19. The molecular weight excluding hydrogens is 262 g/mol. The van der Waals surface area contributed by atoms with Crippen LogP contribution in [0.1, 0.15) is 18.4 Å². The Morgan fingerprint density at radius 2 is 2.32 bits per heavy atom. The maximum absolute atomic E-state index is 11.4. The van der Waals surface area contributed by atoms with Gasteiger partial charge in [0.15, 0.2) is 0 Å². The first-order chi connectivity index (χ1) is 9.11. The van der Waals surface area contributed by atoms with E-state index in [0.29, 0.717) is 17.5 Å². The zero-order valence-electron chi connectivity index (χ0n) is 11.0. The number of rotatable bonds is 2. The van der Waals surface area contributed by atoms with Gasteiger partial charge in [0.05, 0.1) is 17.1 Å². The van der Waals surface area contributed by atoms with Crippen molar-refractivity contribution in [3.63, 3.8) is 0 Å². The minimum Gasteiger partial charge on any atom is -0.380 e. The number of anilines is 2. The number of benzene rings is 1. The lowest BCUT2D eigenvalue weighted by molar-refractivity contribution is -0.115. The fourth-order valence-electron chi connectivity index (χ4n) is 2.86. The molecule has 19 heavy (non-hydrogen) atoms. The van der Waals surface area contributed by atoms with E-state index in [2.05, 4.69) is 22.6 Å². The van der Waals surface area contributed by atoms with Crippen LogP contribution in [0.4, 0.5) is 11.4 Å². The van der Waals surface area contributed by atoms with Gasteiger partial charge in [0.25, 0.3) is 0 Å². The topological polar surface area (TPSA) is 44.4 Å². The van der Waals surface area contributed by atoms with Crippen LogP contribution in [-0.2, 0) is 11.2 Å². The average Bonchev–Trinajstić information content (AvgIpc) is 2.69. The molecule has 1 aromatic rings. The monoisotopic (exact) mass is 279 g/mol. The number of hydrogen-bond acceptors (Lipinski definition) is 3. The van der Waals surface area contributed by atoms with Crippen molar-refractivity contribution in [2.45, 2.75) is 25.3 Å². The van der Waals surface area contributed by atoms with E-state index in [-0.39, 0.29) is 5.91 Å². The first kappa shape index (κ1) is 12.8. The first-order valence-corrected chi connectivity index (χ1v) is 7.07. The van der Waals surface area contributed by atoms with Crippen LogP contribution in [0.2, 0.25) is 5.02 Å². The molecule has 0 spiro atoms. The lowest BCUT2D eigenvalue weighted by Gasteiger charge is -2.31. The van der Waals surface area contributed by atoms with E-state index in [0.717, 1.165) is 36.4 Å². The van der Waals surface area contributed by atoms with Crippen molar-refractivity contribution in [1.82, 2.24) is 4.90 Å². The number of carbonyl (C=O) groups is 1. The summed E-state index contributed by atoms with van der Waals surface area (Å²) in [7, 11) is 2.14. The standard InChI is InChI=1S/C14H18ClN3O/c1-18-4-2-3-10(8-18)16-13-5-9-6-14(19)17-12(9)7-11(13)15/h5,7,10,16H,2-4,6,8H2,1H3,(H,17,19). The van der Waals surface area contributed by atoms with Crippen molar-refractivity contribution < 1.29 is 4.79 Å². The van der Waals surface area contributed by atoms with Crippen LogP contribution in [-0.4, -0.2) is 37.0 Å². The van der Waals surface area contributed by atoms with Gasteiger partial charge in [0, 0.05) is 18.3 Å². The number of hydrogen-bond donors (Lipinski definition) is 2. The smallest absolute Gasteiger partial charge is 0.228 e. The molecule has 1 amide bonds. The minimum atomic E-state index is 0.0422. The molecule has 0 aromatic heterocycles. The van der Waals surface area contributed by atoms with E-state index < -0.39 is 0 Å². The Balaban J connectivity index is 1.78. The summed E-state index contributed by atoms with van der Waals surface area (Å²) < 4.78 is 0. The zero-order chi connectivity index (χ0) is 13.4. The van der Waals surface area contributed by atoms with Crippen molar-refractivity contribution in [1.29, 1.82) is 0 Å². The summed E-state index contributed by atoms with van der Waals surface area (Å²) in [4.78, 5) is 13.7. The second-order valence-electron chi connectivity index (χ2n) is 5.46. The van der Waals surface area contributed by atoms with Gasteiger partial charge in [-0.3, -0.25) is 4.79 Å². The largest absolute Gasteiger partial charge is 0.380 e. The van der Waals surface area contributed by atoms with Crippen LogP contribution in [0.3, 0.4) is 0 Å². The molecule has 2 aliphatic heterocycles. The third-order valence-electron chi connectivity index (χ3n) is 3.80. The molecule has 102 valence electrons. The summed E-state index contributed by atoms with van der Waals surface area (Å²) in [6, 6.07) is 4.28. The zero-order valence-corrected chi connectivity index (χ0v) is 11.8. The highest BCUT2D eigenvalue weighted by molar-refractivity contribution is 6.33. The van der Waals surface area contributed by atoms with Crippen LogP contribution >= 0.6 is 11.6 Å². The number of halogens is 1. The Hall–Kier alpha value is -1.26. The van der Waals surface area contributed by atoms with Gasteiger partial charge in [0.2, 0.25) is 5.91 Å². The molecule has 4 nitrogen and oxygen atoms in total. The summed E-state index contributed by atoms with van der Waals surface area (Å²) in [5.41, 5.74) is 2.82. The van der Waals surface area contributed by atoms with Gasteiger partial charge in [0.1, 0.15) is 0 Å². The van der Waals surface area contributed by atoms with E-state index in [1.165, 1.54) is 6.42 Å². The normalized spacial score (nSPS) is 23.1. The van der Waals surface area contributed by atoms with Crippen molar-refractivity contribution in [3.05, 3.63) is 22.7 Å². The Bertz CT molecular complexity index is 518. The molecule has 0 bridgehead atoms. The fraction of sp³-hybridized carbons (Fsp3) is 0.500. The Labute approximate surface area is 118 Å².